The average molecular weight is 234 g/mol. The highest BCUT2D eigenvalue weighted by molar-refractivity contribution is 5.80. The summed E-state index contributed by atoms with van der Waals surface area (Å²) in [6, 6.07) is 5.79. The van der Waals surface area contributed by atoms with Crippen LogP contribution in [-0.2, 0) is 16.0 Å². The largest absolute Gasteiger partial charge is 0.398 e. The molecule has 1 saturated heterocycles. The predicted molar refractivity (Wildman–Crippen MR) is 66.7 cm³/mol. The number of nitrogens with two attached hydrogens (primary N) is 1. The highest BCUT2D eigenvalue weighted by Crippen LogP contribution is 2.15. The Morgan fingerprint density at radius 2 is 2.12 bits per heavy atom. The van der Waals surface area contributed by atoms with Crippen molar-refractivity contribution in [2.75, 3.05) is 32.0 Å². The number of nitrogens with zero attached hydrogens (tertiary/aromatic N) is 1. The van der Waals surface area contributed by atoms with Crippen LogP contribution in [0.3, 0.4) is 0 Å². The molecule has 1 heterocycles. The summed E-state index contributed by atoms with van der Waals surface area (Å²) < 4.78 is 5.22. The van der Waals surface area contributed by atoms with Crippen molar-refractivity contribution in [1.29, 1.82) is 0 Å². The Balaban J connectivity index is 2.04. The second kappa shape index (κ2) is 5.19. The molecule has 17 heavy (non-hydrogen) atoms. The zero-order valence-electron chi connectivity index (χ0n) is 10.1. The summed E-state index contributed by atoms with van der Waals surface area (Å²) in [6.07, 6.45) is 0.382. The molecule has 1 aromatic carbocycles. The number of amides is 1. The first-order valence-electron chi connectivity index (χ1n) is 5.87. The number of carbonyl (C=O) groups is 1. The number of rotatable bonds is 2. The zero-order chi connectivity index (χ0) is 12.3. The van der Waals surface area contributed by atoms with Crippen LogP contribution in [0.4, 0.5) is 5.69 Å². The van der Waals surface area contributed by atoms with Crippen molar-refractivity contribution in [3.63, 3.8) is 0 Å². The van der Waals surface area contributed by atoms with Gasteiger partial charge in [0.15, 0.2) is 0 Å². The number of aryl methyl sites for hydroxylation is 1. The van der Waals surface area contributed by atoms with Crippen LogP contribution in [0.2, 0.25) is 0 Å². The number of ether oxygens (including phenoxy) is 1. The number of nitrogen functional groups attached to an aromatic ring is 1. The normalized spacial score (nSPS) is 15.9. The molecule has 4 nitrogen and oxygen atoms in total. The lowest BCUT2D eigenvalue weighted by molar-refractivity contribution is -0.134. The van der Waals surface area contributed by atoms with Gasteiger partial charge in [0.25, 0.3) is 0 Å². The Labute approximate surface area is 101 Å². The Kier molecular flexibility index (Phi) is 3.64. The van der Waals surface area contributed by atoms with Gasteiger partial charge in [-0.05, 0) is 18.6 Å². The molecule has 1 aliphatic heterocycles. The van der Waals surface area contributed by atoms with Gasteiger partial charge in [-0.3, -0.25) is 4.79 Å². The van der Waals surface area contributed by atoms with E-state index in [9.17, 15) is 4.79 Å². The maximum Gasteiger partial charge on any atom is 0.227 e. The van der Waals surface area contributed by atoms with Crippen LogP contribution in [0.15, 0.2) is 18.2 Å². The maximum absolute atomic E-state index is 12.0. The molecular weight excluding hydrogens is 216 g/mol. The molecule has 92 valence electrons. The lowest BCUT2D eigenvalue weighted by Gasteiger charge is -2.27. The quantitative estimate of drug-likeness (QED) is 0.776. The van der Waals surface area contributed by atoms with E-state index in [2.05, 4.69) is 0 Å². The molecule has 1 amide bonds. The summed E-state index contributed by atoms with van der Waals surface area (Å²) in [4.78, 5) is 13.9. The summed E-state index contributed by atoms with van der Waals surface area (Å²) in [5.41, 5.74) is 8.61. The first-order chi connectivity index (χ1) is 8.16. The van der Waals surface area contributed by atoms with Crippen LogP contribution in [0, 0.1) is 6.92 Å². The molecule has 1 aromatic rings. The lowest BCUT2D eigenvalue weighted by Crippen LogP contribution is -2.41. The Morgan fingerprint density at radius 3 is 2.82 bits per heavy atom. The lowest BCUT2D eigenvalue weighted by atomic mass is 10.1. The molecule has 2 N–H and O–H groups in total. The minimum Gasteiger partial charge on any atom is -0.398 e. The first-order valence-corrected chi connectivity index (χ1v) is 5.87. The molecule has 0 unspecified atom stereocenters. The van der Waals surface area contributed by atoms with Crippen molar-refractivity contribution in [1.82, 2.24) is 4.90 Å². The van der Waals surface area contributed by atoms with Gasteiger partial charge in [0, 0.05) is 18.8 Å². The number of anilines is 1. The topological polar surface area (TPSA) is 55.6 Å². The van der Waals surface area contributed by atoms with Gasteiger partial charge in [-0.25, -0.2) is 0 Å². The molecule has 4 heteroatoms. The van der Waals surface area contributed by atoms with Gasteiger partial charge < -0.3 is 15.4 Å². The molecule has 2 rings (SSSR count). The van der Waals surface area contributed by atoms with Gasteiger partial charge in [-0.1, -0.05) is 17.7 Å². The third-order valence-electron chi connectivity index (χ3n) is 3.00. The van der Waals surface area contributed by atoms with E-state index >= 15 is 0 Å². The van der Waals surface area contributed by atoms with E-state index < -0.39 is 0 Å². The SMILES string of the molecule is Cc1ccc(N)c(CC(=O)N2CCOCC2)c1. The summed E-state index contributed by atoms with van der Waals surface area (Å²) in [5, 5.41) is 0. The molecule has 0 radical (unpaired) electrons. The summed E-state index contributed by atoms with van der Waals surface area (Å²) in [6.45, 7) is 4.64. The Morgan fingerprint density at radius 1 is 1.41 bits per heavy atom. The number of carbonyl (C=O) groups excluding carboxylic acids is 1. The van der Waals surface area contributed by atoms with Crippen LogP contribution in [0.5, 0.6) is 0 Å². The van der Waals surface area contributed by atoms with Crippen LogP contribution in [0.25, 0.3) is 0 Å². The van der Waals surface area contributed by atoms with Gasteiger partial charge >= 0.3 is 0 Å². The maximum atomic E-state index is 12.0. The van der Waals surface area contributed by atoms with Crippen LogP contribution in [0.1, 0.15) is 11.1 Å². The van der Waals surface area contributed by atoms with Crippen LogP contribution >= 0.6 is 0 Å². The van der Waals surface area contributed by atoms with Gasteiger partial charge in [-0.2, -0.15) is 0 Å². The van der Waals surface area contributed by atoms with E-state index in [1.807, 2.05) is 30.0 Å². The average Bonchev–Trinajstić information content (AvgIpc) is 2.35. The molecule has 1 aliphatic rings. The van der Waals surface area contributed by atoms with Gasteiger partial charge in [0.1, 0.15) is 0 Å². The smallest absolute Gasteiger partial charge is 0.227 e. The fourth-order valence-corrected chi connectivity index (χ4v) is 1.98. The molecule has 0 bridgehead atoms. The van der Waals surface area contributed by atoms with E-state index in [0.29, 0.717) is 38.4 Å². The molecule has 0 saturated carbocycles. The van der Waals surface area contributed by atoms with E-state index in [1.165, 1.54) is 0 Å². The fourth-order valence-electron chi connectivity index (χ4n) is 1.98. The van der Waals surface area contributed by atoms with Gasteiger partial charge in [-0.15, -0.1) is 0 Å². The second-order valence-electron chi connectivity index (χ2n) is 4.37. The summed E-state index contributed by atoms with van der Waals surface area (Å²) >= 11 is 0. The Bertz CT molecular complexity index is 412. The highest BCUT2D eigenvalue weighted by Gasteiger charge is 2.17. The van der Waals surface area contributed by atoms with E-state index in [1.54, 1.807) is 0 Å². The third kappa shape index (κ3) is 2.97. The number of hydrogen-bond acceptors (Lipinski definition) is 3. The zero-order valence-corrected chi connectivity index (χ0v) is 10.1. The van der Waals surface area contributed by atoms with Crippen LogP contribution < -0.4 is 5.73 Å². The molecule has 0 aliphatic carbocycles. The Hall–Kier alpha value is -1.55. The molecule has 1 fully saturated rings. The van der Waals surface area contributed by atoms with Crippen LogP contribution in [-0.4, -0.2) is 37.1 Å². The molecule has 0 atom stereocenters. The minimum absolute atomic E-state index is 0.130. The summed E-state index contributed by atoms with van der Waals surface area (Å²) in [5.74, 6) is 0.130. The van der Waals surface area contributed by atoms with Crippen molar-refractivity contribution in [3.8, 4) is 0 Å². The molecule has 0 aromatic heterocycles. The monoisotopic (exact) mass is 234 g/mol. The van der Waals surface area contributed by atoms with E-state index in [0.717, 1.165) is 11.1 Å². The van der Waals surface area contributed by atoms with Crippen molar-refractivity contribution in [2.45, 2.75) is 13.3 Å². The predicted octanol–water partition coefficient (Wildman–Crippen LogP) is 0.979. The fraction of sp³-hybridized carbons (Fsp3) is 0.462. The van der Waals surface area contributed by atoms with E-state index in [-0.39, 0.29) is 5.91 Å². The van der Waals surface area contributed by atoms with Gasteiger partial charge in [0.2, 0.25) is 5.91 Å². The minimum atomic E-state index is 0.130. The van der Waals surface area contributed by atoms with Crippen molar-refractivity contribution >= 4 is 11.6 Å². The second-order valence-corrected chi connectivity index (χ2v) is 4.37. The van der Waals surface area contributed by atoms with E-state index in [4.69, 9.17) is 10.5 Å². The number of hydrogen-bond donors (Lipinski definition) is 1. The highest BCUT2D eigenvalue weighted by atomic mass is 16.5. The summed E-state index contributed by atoms with van der Waals surface area (Å²) in [7, 11) is 0. The standard InChI is InChI=1S/C13H18N2O2/c1-10-2-3-12(14)11(8-10)9-13(16)15-4-6-17-7-5-15/h2-3,8H,4-7,9,14H2,1H3. The van der Waals surface area contributed by atoms with Gasteiger partial charge in [0.05, 0.1) is 19.6 Å². The first kappa shape index (κ1) is 11.9. The molecule has 0 spiro atoms. The van der Waals surface area contributed by atoms with Crippen molar-refractivity contribution < 1.29 is 9.53 Å². The molecular formula is C13H18N2O2. The van der Waals surface area contributed by atoms with Crippen molar-refractivity contribution in [3.05, 3.63) is 29.3 Å². The number of morpholine rings is 1. The third-order valence-corrected chi connectivity index (χ3v) is 3.00. The van der Waals surface area contributed by atoms with Crippen molar-refractivity contribution in [2.24, 2.45) is 0 Å². The number of benzene rings is 1.